The lowest BCUT2D eigenvalue weighted by Crippen LogP contribution is -2.19. The van der Waals surface area contributed by atoms with Crippen molar-refractivity contribution in [1.82, 2.24) is 9.97 Å². The molecule has 1 amide bonds. The van der Waals surface area contributed by atoms with Crippen molar-refractivity contribution in [1.29, 1.82) is 0 Å². The molecule has 1 aromatic heterocycles. The molecule has 0 unspecified atom stereocenters. The molecule has 1 fully saturated rings. The van der Waals surface area contributed by atoms with Gasteiger partial charge >= 0.3 is 0 Å². The fraction of sp³-hybridized carbons (Fsp3) is 0.312. The van der Waals surface area contributed by atoms with E-state index in [1.165, 1.54) is 37.1 Å². The Morgan fingerprint density at radius 1 is 1.14 bits per heavy atom. The molecule has 0 spiro atoms. The topological polar surface area (TPSA) is 66.9 Å². The molecule has 0 atom stereocenters. The second-order valence-electron chi connectivity index (χ2n) is 5.35. The Bertz CT molecular complexity index is 653. The van der Waals surface area contributed by atoms with E-state index in [0.29, 0.717) is 17.7 Å². The number of halogens is 1. The van der Waals surface area contributed by atoms with Gasteiger partial charge in [0, 0.05) is 17.9 Å². The second-order valence-corrected chi connectivity index (χ2v) is 5.35. The van der Waals surface area contributed by atoms with Crippen molar-refractivity contribution in [3.63, 3.8) is 0 Å². The van der Waals surface area contributed by atoms with Crippen LogP contribution in [0.4, 0.5) is 16.0 Å². The smallest absolute Gasteiger partial charge is 0.274 e. The van der Waals surface area contributed by atoms with Gasteiger partial charge in [0.05, 0.1) is 0 Å². The van der Waals surface area contributed by atoms with Crippen LogP contribution >= 0.6 is 0 Å². The Morgan fingerprint density at radius 3 is 2.59 bits per heavy atom. The highest BCUT2D eigenvalue weighted by Crippen LogP contribution is 2.20. The molecule has 6 heteroatoms. The number of hydrogen-bond acceptors (Lipinski definition) is 4. The molecule has 0 saturated heterocycles. The molecule has 0 aliphatic heterocycles. The number of hydrogen-bond donors (Lipinski definition) is 2. The summed E-state index contributed by atoms with van der Waals surface area (Å²) in [5, 5.41) is 5.94. The Labute approximate surface area is 128 Å². The summed E-state index contributed by atoms with van der Waals surface area (Å²) >= 11 is 0. The fourth-order valence-corrected chi connectivity index (χ4v) is 2.54. The van der Waals surface area contributed by atoms with E-state index >= 15 is 0 Å². The van der Waals surface area contributed by atoms with Gasteiger partial charge in [-0.05, 0) is 43.2 Å². The van der Waals surface area contributed by atoms with Gasteiger partial charge in [-0.3, -0.25) is 4.79 Å². The standard InChI is InChI=1S/C16H17FN4O/c17-11-5-7-13(8-6-11)19-15(22)14-9-10-18-16(21-14)20-12-3-1-2-4-12/h5-10,12H,1-4H2,(H,19,22)(H,18,20,21). The average Bonchev–Trinajstić information content (AvgIpc) is 3.03. The first-order valence-corrected chi connectivity index (χ1v) is 7.37. The van der Waals surface area contributed by atoms with Gasteiger partial charge < -0.3 is 10.6 Å². The van der Waals surface area contributed by atoms with Gasteiger partial charge in [0.2, 0.25) is 5.95 Å². The normalized spacial score (nSPS) is 14.8. The molecule has 0 radical (unpaired) electrons. The van der Waals surface area contributed by atoms with E-state index in [0.717, 1.165) is 12.8 Å². The van der Waals surface area contributed by atoms with Crippen LogP contribution in [-0.2, 0) is 0 Å². The van der Waals surface area contributed by atoms with Crippen molar-refractivity contribution < 1.29 is 9.18 Å². The Morgan fingerprint density at radius 2 is 1.86 bits per heavy atom. The molecule has 0 bridgehead atoms. The number of carbonyl (C=O) groups excluding carboxylic acids is 1. The lowest BCUT2D eigenvalue weighted by atomic mass is 10.2. The number of nitrogens with zero attached hydrogens (tertiary/aromatic N) is 2. The zero-order valence-corrected chi connectivity index (χ0v) is 12.1. The minimum Gasteiger partial charge on any atom is -0.351 e. The third-order valence-corrected chi connectivity index (χ3v) is 3.68. The Kier molecular flexibility index (Phi) is 4.27. The Balaban J connectivity index is 1.67. The van der Waals surface area contributed by atoms with Crippen molar-refractivity contribution in [2.24, 2.45) is 0 Å². The van der Waals surface area contributed by atoms with Crippen LogP contribution in [0.1, 0.15) is 36.2 Å². The van der Waals surface area contributed by atoms with Gasteiger partial charge in [-0.1, -0.05) is 12.8 Å². The van der Waals surface area contributed by atoms with Crippen LogP contribution in [-0.4, -0.2) is 21.9 Å². The maximum Gasteiger partial charge on any atom is 0.274 e. The van der Waals surface area contributed by atoms with Crippen molar-refractivity contribution in [3.8, 4) is 0 Å². The molecule has 1 aromatic carbocycles. The number of carbonyl (C=O) groups is 1. The van der Waals surface area contributed by atoms with Gasteiger partial charge in [-0.15, -0.1) is 0 Å². The van der Waals surface area contributed by atoms with E-state index in [4.69, 9.17) is 0 Å². The maximum absolute atomic E-state index is 12.9. The number of benzene rings is 1. The molecule has 22 heavy (non-hydrogen) atoms. The molecule has 2 aromatic rings. The monoisotopic (exact) mass is 300 g/mol. The van der Waals surface area contributed by atoms with Crippen LogP contribution in [0, 0.1) is 5.82 Å². The predicted octanol–water partition coefficient (Wildman–Crippen LogP) is 3.22. The largest absolute Gasteiger partial charge is 0.351 e. The molecular weight excluding hydrogens is 283 g/mol. The number of rotatable bonds is 4. The van der Waals surface area contributed by atoms with Gasteiger partial charge in [0.1, 0.15) is 11.5 Å². The highest BCUT2D eigenvalue weighted by atomic mass is 19.1. The number of nitrogens with one attached hydrogen (secondary N) is 2. The molecule has 5 nitrogen and oxygen atoms in total. The summed E-state index contributed by atoms with van der Waals surface area (Å²) in [5.41, 5.74) is 0.801. The van der Waals surface area contributed by atoms with Crippen molar-refractivity contribution in [3.05, 3.63) is 48.0 Å². The summed E-state index contributed by atoms with van der Waals surface area (Å²) in [7, 11) is 0. The third-order valence-electron chi connectivity index (χ3n) is 3.68. The zero-order valence-electron chi connectivity index (χ0n) is 12.1. The lowest BCUT2D eigenvalue weighted by molar-refractivity contribution is 0.102. The van der Waals surface area contributed by atoms with Crippen LogP contribution in [0.3, 0.4) is 0 Å². The molecule has 3 rings (SSSR count). The lowest BCUT2D eigenvalue weighted by Gasteiger charge is -2.12. The summed E-state index contributed by atoms with van der Waals surface area (Å²) in [5.74, 6) is -0.217. The molecule has 2 N–H and O–H groups in total. The summed E-state index contributed by atoms with van der Waals surface area (Å²) in [4.78, 5) is 20.6. The molecule has 1 aliphatic carbocycles. The first-order valence-electron chi connectivity index (χ1n) is 7.37. The first-order chi connectivity index (χ1) is 10.7. The maximum atomic E-state index is 12.9. The van der Waals surface area contributed by atoms with E-state index < -0.39 is 0 Å². The van der Waals surface area contributed by atoms with Gasteiger partial charge in [0.15, 0.2) is 0 Å². The summed E-state index contributed by atoms with van der Waals surface area (Å²) < 4.78 is 12.9. The SMILES string of the molecule is O=C(Nc1ccc(F)cc1)c1ccnc(NC2CCCC2)n1. The minimum absolute atomic E-state index is 0.278. The third kappa shape index (κ3) is 3.58. The van der Waals surface area contributed by atoms with E-state index in [9.17, 15) is 9.18 Å². The molecule has 1 saturated carbocycles. The first kappa shape index (κ1) is 14.4. The van der Waals surface area contributed by atoms with E-state index in [1.54, 1.807) is 12.3 Å². The molecule has 1 aliphatic rings. The number of anilines is 2. The van der Waals surface area contributed by atoms with Crippen LogP contribution in [0.25, 0.3) is 0 Å². The van der Waals surface area contributed by atoms with Gasteiger partial charge in [-0.2, -0.15) is 0 Å². The van der Waals surface area contributed by atoms with Crippen molar-refractivity contribution >= 4 is 17.5 Å². The van der Waals surface area contributed by atoms with Crippen molar-refractivity contribution in [2.75, 3.05) is 10.6 Å². The Hall–Kier alpha value is -2.50. The van der Waals surface area contributed by atoms with Crippen LogP contribution in [0.15, 0.2) is 36.5 Å². The van der Waals surface area contributed by atoms with Crippen LogP contribution in [0.5, 0.6) is 0 Å². The van der Waals surface area contributed by atoms with Crippen molar-refractivity contribution in [2.45, 2.75) is 31.7 Å². The minimum atomic E-state index is -0.344. The summed E-state index contributed by atoms with van der Waals surface area (Å²) in [6, 6.07) is 7.54. The molecule has 114 valence electrons. The summed E-state index contributed by atoms with van der Waals surface area (Å²) in [6.45, 7) is 0. The number of aromatic nitrogens is 2. The second kappa shape index (κ2) is 6.51. The molecular formula is C16H17FN4O. The van der Waals surface area contributed by atoms with Crippen LogP contribution in [0.2, 0.25) is 0 Å². The number of amides is 1. The van der Waals surface area contributed by atoms with E-state index in [-0.39, 0.29) is 17.4 Å². The van der Waals surface area contributed by atoms with Gasteiger partial charge in [-0.25, -0.2) is 14.4 Å². The molecule has 1 heterocycles. The highest BCUT2D eigenvalue weighted by Gasteiger charge is 2.16. The quantitative estimate of drug-likeness (QED) is 0.909. The van der Waals surface area contributed by atoms with Crippen LogP contribution < -0.4 is 10.6 Å². The van der Waals surface area contributed by atoms with Gasteiger partial charge in [0.25, 0.3) is 5.91 Å². The fourth-order valence-electron chi connectivity index (χ4n) is 2.54. The highest BCUT2D eigenvalue weighted by molar-refractivity contribution is 6.02. The van der Waals surface area contributed by atoms with E-state index in [2.05, 4.69) is 20.6 Å². The van der Waals surface area contributed by atoms with E-state index in [1.807, 2.05) is 0 Å². The summed E-state index contributed by atoms with van der Waals surface area (Å²) in [6.07, 6.45) is 6.19. The predicted molar refractivity (Wildman–Crippen MR) is 82.3 cm³/mol. The average molecular weight is 300 g/mol. The zero-order chi connectivity index (χ0) is 15.4.